The van der Waals surface area contributed by atoms with Crippen molar-refractivity contribution in [3.05, 3.63) is 0 Å². The molecule has 0 aromatic rings. The molecule has 1 amide bonds. The fourth-order valence-corrected chi connectivity index (χ4v) is 4.51. The molecule has 4 N–H and O–H groups in total. The van der Waals surface area contributed by atoms with Gasteiger partial charge in [0.15, 0.2) is 5.79 Å². The monoisotopic (exact) mass is 419 g/mol. The van der Waals surface area contributed by atoms with Crippen LogP contribution in [0.3, 0.4) is 0 Å². The van der Waals surface area contributed by atoms with Gasteiger partial charge in [0.25, 0.3) is 0 Å². The number of amides is 1. The molecular formula is C21H45N3O3S. The normalized spacial score (nSPS) is 15.6. The van der Waals surface area contributed by atoms with E-state index in [2.05, 4.69) is 56.9 Å². The molecule has 6 nitrogen and oxygen atoms in total. The Bertz CT molecular complexity index is 478. The summed E-state index contributed by atoms with van der Waals surface area (Å²) in [5.41, 5.74) is -0.434. The maximum absolute atomic E-state index is 12.6. The molecular weight excluding hydrogens is 374 g/mol. The number of carbonyl (C=O) groups is 1. The van der Waals surface area contributed by atoms with Crippen molar-refractivity contribution >= 4 is 17.9 Å². The molecule has 0 saturated heterocycles. The van der Waals surface area contributed by atoms with Crippen molar-refractivity contribution in [2.24, 2.45) is 10.8 Å². The van der Waals surface area contributed by atoms with Gasteiger partial charge in [-0.05, 0) is 58.0 Å². The Kier molecular flexibility index (Phi) is 11.0. The van der Waals surface area contributed by atoms with E-state index in [4.69, 9.17) is 4.74 Å². The number of likely N-dealkylation sites (N-methyl/N-ethyl adjacent to an activating group) is 1. The Morgan fingerprint density at radius 3 is 2.18 bits per heavy atom. The number of rotatable bonds is 14. The quantitative estimate of drug-likeness (QED) is 0.255. The van der Waals surface area contributed by atoms with E-state index < -0.39 is 11.2 Å². The van der Waals surface area contributed by atoms with Crippen LogP contribution < -0.4 is 15.4 Å². The van der Waals surface area contributed by atoms with Crippen LogP contribution in [0.4, 0.5) is 0 Å². The minimum Gasteiger partial charge on any atom is -0.365 e. The Labute approximate surface area is 177 Å². The van der Waals surface area contributed by atoms with Crippen LogP contribution >= 0.6 is 11.9 Å². The van der Waals surface area contributed by atoms with E-state index in [1.165, 1.54) is 11.9 Å². The average molecular weight is 420 g/mol. The maximum atomic E-state index is 12.6. The van der Waals surface area contributed by atoms with E-state index >= 15 is 0 Å². The van der Waals surface area contributed by atoms with Crippen molar-refractivity contribution in [2.75, 3.05) is 26.0 Å². The van der Waals surface area contributed by atoms with Gasteiger partial charge in [-0.3, -0.25) is 9.52 Å². The van der Waals surface area contributed by atoms with Crippen molar-refractivity contribution in [1.29, 1.82) is 0 Å². The summed E-state index contributed by atoms with van der Waals surface area (Å²) in [5, 5.41) is 16.5. The number of hydrogen-bond acceptors (Lipinski definition) is 6. The molecule has 0 aliphatic heterocycles. The number of aliphatic hydroxyl groups is 1. The number of nitrogens with one attached hydrogen (secondary N) is 3. The highest BCUT2D eigenvalue weighted by molar-refractivity contribution is 7.97. The van der Waals surface area contributed by atoms with Gasteiger partial charge >= 0.3 is 0 Å². The molecule has 0 radical (unpaired) electrons. The first-order valence-electron chi connectivity index (χ1n) is 10.2. The van der Waals surface area contributed by atoms with Crippen molar-refractivity contribution < 1.29 is 14.6 Å². The molecule has 0 heterocycles. The van der Waals surface area contributed by atoms with Gasteiger partial charge < -0.3 is 20.5 Å². The summed E-state index contributed by atoms with van der Waals surface area (Å²) in [6.45, 7) is 19.3. The summed E-state index contributed by atoms with van der Waals surface area (Å²) < 4.78 is 8.51. The van der Waals surface area contributed by atoms with E-state index in [0.717, 1.165) is 12.2 Å². The maximum Gasteiger partial charge on any atom is 0.235 e. The first kappa shape index (κ1) is 27.7. The van der Waals surface area contributed by atoms with E-state index in [0.29, 0.717) is 25.6 Å². The lowest BCUT2D eigenvalue weighted by atomic mass is 9.81. The van der Waals surface area contributed by atoms with Crippen LogP contribution in [0.25, 0.3) is 0 Å². The van der Waals surface area contributed by atoms with Gasteiger partial charge in [0.05, 0.1) is 6.61 Å². The van der Waals surface area contributed by atoms with Crippen LogP contribution in [0.2, 0.25) is 0 Å². The Hall–Kier alpha value is -0.340. The Morgan fingerprint density at radius 1 is 1.11 bits per heavy atom. The van der Waals surface area contributed by atoms with Crippen molar-refractivity contribution in [3.63, 3.8) is 0 Å². The SMILES string of the molecule is CNCC(C)(O)OCCC(C)(C)C(=O)NSCC(C)(C)CC(C)(C)NC(C)C. The van der Waals surface area contributed by atoms with Gasteiger partial charge in [0.2, 0.25) is 5.91 Å². The predicted octanol–water partition coefficient (Wildman–Crippen LogP) is 3.30. The van der Waals surface area contributed by atoms with E-state index in [1.807, 2.05) is 13.8 Å². The summed E-state index contributed by atoms with van der Waals surface area (Å²) in [5.74, 6) is -0.396. The highest BCUT2D eigenvalue weighted by Gasteiger charge is 2.32. The summed E-state index contributed by atoms with van der Waals surface area (Å²) in [7, 11) is 1.76. The second-order valence-electron chi connectivity index (χ2n) is 10.4. The van der Waals surface area contributed by atoms with Crippen LogP contribution in [-0.4, -0.2) is 54.3 Å². The standard InChI is InChI=1S/C21H45N3O3S/c1-16(2)23-20(7,8)13-18(3,4)15-28-24-17(25)19(5,6)11-12-27-21(9,26)14-22-10/h16,22-23,26H,11-15H2,1-10H3,(H,24,25). The molecule has 7 heteroatoms. The van der Waals surface area contributed by atoms with Gasteiger partial charge in [0.1, 0.15) is 0 Å². The van der Waals surface area contributed by atoms with Crippen LogP contribution in [0, 0.1) is 10.8 Å². The van der Waals surface area contributed by atoms with Gasteiger partial charge in [-0.1, -0.05) is 41.5 Å². The fourth-order valence-electron chi connectivity index (χ4n) is 3.53. The minimum atomic E-state index is -1.23. The van der Waals surface area contributed by atoms with E-state index in [1.54, 1.807) is 14.0 Å². The molecule has 0 spiro atoms. The van der Waals surface area contributed by atoms with E-state index in [9.17, 15) is 9.90 Å². The molecule has 0 fully saturated rings. The molecule has 0 rings (SSSR count). The lowest BCUT2D eigenvalue weighted by Gasteiger charge is -2.37. The van der Waals surface area contributed by atoms with Gasteiger partial charge in [-0.2, -0.15) is 0 Å². The second kappa shape index (κ2) is 11.2. The van der Waals surface area contributed by atoms with Crippen LogP contribution in [0.5, 0.6) is 0 Å². The third-order valence-corrected chi connectivity index (χ3v) is 5.74. The summed E-state index contributed by atoms with van der Waals surface area (Å²) >= 11 is 1.47. The van der Waals surface area contributed by atoms with Crippen LogP contribution in [0.15, 0.2) is 0 Å². The largest absolute Gasteiger partial charge is 0.365 e. The van der Waals surface area contributed by atoms with Gasteiger partial charge in [0, 0.05) is 29.3 Å². The summed E-state index contributed by atoms with van der Waals surface area (Å²) in [6.07, 6.45) is 1.55. The smallest absolute Gasteiger partial charge is 0.235 e. The zero-order valence-corrected chi connectivity index (χ0v) is 20.6. The zero-order chi connectivity index (χ0) is 22.2. The second-order valence-corrected chi connectivity index (χ2v) is 11.2. The van der Waals surface area contributed by atoms with Crippen molar-refractivity contribution in [2.45, 2.75) is 92.5 Å². The third-order valence-electron chi connectivity index (χ3n) is 4.49. The Balaban J connectivity index is 4.43. The lowest BCUT2D eigenvalue weighted by molar-refractivity contribution is -0.189. The molecule has 0 aromatic heterocycles. The highest BCUT2D eigenvalue weighted by Crippen LogP contribution is 2.31. The van der Waals surface area contributed by atoms with Crippen molar-refractivity contribution in [1.82, 2.24) is 15.4 Å². The first-order valence-corrected chi connectivity index (χ1v) is 11.2. The predicted molar refractivity (Wildman–Crippen MR) is 120 cm³/mol. The number of carbonyl (C=O) groups excluding carboxylic acids is 1. The fraction of sp³-hybridized carbons (Fsp3) is 0.952. The van der Waals surface area contributed by atoms with Gasteiger partial charge in [-0.25, -0.2) is 0 Å². The topological polar surface area (TPSA) is 82.6 Å². The number of hydrogen-bond donors (Lipinski definition) is 4. The summed E-state index contributed by atoms with van der Waals surface area (Å²) in [6, 6.07) is 0.440. The molecule has 28 heavy (non-hydrogen) atoms. The molecule has 168 valence electrons. The zero-order valence-electron chi connectivity index (χ0n) is 19.8. The number of ether oxygens (including phenoxy) is 1. The van der Waals surface area contributed by atoms with Crippen LogP contribution in [0.1, 0.15) is 75.2 Å². The first-order chi connectivity index (χ1) is 12.5. The average Bonchev–Trinajstić information content (AvgIpc) is 2.43. The molecule has 0 bridgehead atoms. The van der Waals surface area contributed by atoms with E-state index in [-0.39, 0.29) is 16.9 Å². The molecule has 0 aromatic carbocycles. The molecule has 1 unspecified atom stereocenters. The Morgan fingerprint density at radius 2 is 1.68 bits per heavy atom. The van der Waals surface area contributed by atoms with Gasteiger partial charge in [-0.15, -0.1) is 0 Å². The molecule has 1 atom stereocenters. The summed E-state index contributed by atoms with van der Waals surface area (Å²) in [4.78, 5) is 12.6. The molecule has 0 saturated carbocycles. The van der Waals surface area contributed by atoms with Crippen LogP contribution in [-0.2, 0) is 9.53 Å². The third kappa shape index (κ3) is 12.3. The molecule has 0 aliphatic rings. The lowest BCUT2D eigenvalue weighted by Crippen LogP contribution is -2.47. The highest BCUT2D eigenvalue weighted by atomic mass is 32.2. The minimum absolute atomic E-state index is 0.00951. The van der Waals surface area contributed by atoms with Crippen molar-refractivity contribution in [3.8, 4) is 0 Å². The molecule has 0 aliphatic carbocycles.